The zero-order valence-corrected chi connectivity index (χ0v) is 10.4. The van der Waals surface area contributed by atoms with E-state index in [0.717, 1.165) is 0 Å². The van der Waals surface area contributed by atoms with Crippen LogP contribution >= 0.6 is 0 Å². The molecule has 98 valence electrons. The third-order valence-corrected chi connectivity index (χ3v) is 2.29. The fourth-order valence-electron chi connectivity index (χ4n) is 1.56. The van der Waals surface area contributed by atoms with E-state index in [9.17, 15) is 9.59 Å². The van der Waals surface area contributed by atoms with Gasteiger partial charge < -0.3 is 16.5 Å². The van der Waals surface area contributed by atoms with Gasteiger partial charge in [-0.3, -0.25) is 20.4 Å². The van der Waals surface area contributed by atoms with Crippen molar-refractivity contribution < 1.29 is 9.59 Å². The Bertz CT molecular complexity index is 459. The van der Waals surface area contributed by atoms with Crippen molar-refractivity contribution >= 4 is 17.5 Å². The smallest absolute Gasteiger partial charge is 0.255 e. The molecule has 7 nitrogen and oxygen atoms in total. The van der Waals surface area contributed by atoms with Crippen molar-refractivity contribution in [2.75, 3.05) is 5.43 Å². The van der Waals surface area contributed by atoms with Crippen molar-refractivity contribution in [3.8, 4) is 0 Å². The van der Waals surface area contributed by atoms with Crippen LogP contribution in [0.25, 0.3) is 0 Å². The number of hydrogen-bond acceptors (Lipinski definition) is 5. The van der Waals surface area contributed by atoms with Gasteiger partial charge in [0.25, 0.3) is 5.91 Å². The minimum Gasteiger partial charge on any atom is -0.370 e. The molecule has 0 aromatic carbocycles. The van der Waals surface area contributed by atoms with Crippen LogP contribution in [0, 0.1) is 0 Å². The first-order valence-corrected chi connectivity index (χ1v) is 5.37. The zero-order valence-electron chi connectivity index (χ0n) is 10.4. The first kappa shape index (κ1) is 13.9. The number of anilines is 1. The van der Waals surface area contributed by atoms with E-state index in [1.54, 1.807) is 19.9 Å². The second-order valence-corrected chi connectivity index (χ2v) is 4.55. The molecule has 0 aliphatic carbocycles. The van der Waals surface area contributed by atoms with Gasteiger partial charge in [0.1, 0.15) is 0 Å². The van der Waals surface area contributed by atoms with E-state index in [1.807, 2.05) is 0 Å². The van der Waals surface area contributed by atoms with E-state index in [-0.39, 0.29) is 12.3 Å². The van der Waals surface area contributed by atoms with E-state index >= 15 is 0 Å². The van der Waals surface area contributed by atoms with Crippen molar-refractivity contribution in [3.63, 3.8) is 0 Å². The average molecular weight is 251 g/mol. The topological polar surface area (TPSA) is 123 Å². The molecule has 0 radical (unpaired) electrons. The van der Waals surface area contributed by atoms with Crippen molar-refractivity contribution in [2.24, 2.45) is 11.6 Å². The van der Waals surface area contributed by atoms with Crippen LogP contribution in [-0.2, 0) is 4.79 Å². The SMILES string of the molecule is CC(C)(CC(N)=O)NC(=O)c1cnccc1NN. The Morgan fingerprint density at radius 3 is 2.67 bits per heavy atom. The zero-order chi connectivity index (χ0) is 13.8. The molecule has 1 aromatic heterocycles. The number of carbonyl (C=O) groups excluding carboxylic acids is 2. The number of amides is 2. The lowest BCUT2D eigenvalue weighted by atomic mass is 9.99. The summed E-state index contributed by atoms with van der Waals surface area (Å²) >= 11 is 0. The van der Waals surface area contributed by atoms with Gasteiger partial charge in [-0.25, -0.2) is 0 Å². The minimum atomic E-state index is -0.732. The van der Waals surface area contributed by atoms with E-state index in [0.29, 0.717) is 11.3 Å². The molecular weight excluding hydrogens is 234 g/mol. The van der Waals surface area contributed by atoms with Crippen molar-refractivity contribution in [1.82, 2.24) is 10.3 Å². The molecule has 2 amide bonds. The fraction of sp³-hybridized carbons (Fsp3) is 0.364. The first-order valence-electron chi connectivity index (χ1n) is 5.37. The Labute approximate surface area is 105 Å². The van der Waals surface area contributed by atoms with E-state index in [4.69, 9.17) is 11.6 Å². The van der Waals surface area contributed by atoms with Gasteiger partial charge in [-0.15, -0.1) is 0 Å². The lowest BCUT2D eigenvalue weighted by Gasteiger charge is -2.25. The van der Waals surface area contributed by atoms with Crippen LogP contribution in [0.2, 0.25) is 0 Å². The minimum absolute atomic E-state index is 0.0460. The Morgan fingerprint density at radius 2 is 2.11 bits per heavy atom. The predicted molar refractivity (Wildman–Crippen MR) is 67.4 cm³/mol. The van der Waals surface area contributed by atoms with E-state index in [2.05, 4.69) is 15.7 Å². The van der Waals surface area contributed by atoms with Crippen LogP contribution in [0.1, 0.15) is 30.6 Å². The Kier molecular flexibility index (Phi) is 4.22. The highest BCUT2D eigenvalue weighted by Gasteiger charge is 2.24. The van der Waals surface area contributed by atoms with Crippen molar-refractivity contribution in [1.29, 1.82) is 0 Å². The maximum absolute atomic E-state index is 12.0. The summed E-state index contributed by atoms with van der Waals surface area (Å²) in [5.41, 5.74) is 7.55. The Hall–Kier alpha value is -2.15. The summed E-state index contributed by atoms with van der Waals surface area (Å²) in [6.07, 6.45) is 2.95. The number of aromatic nitrogens is 1. The van der Waals surface area contributed by atoms with Gasteiger partial charge >= 0.3 is 0 Å². The fourth-order valence-corrected chi connectivity index (χ4v) is 1.56. The molecular formula is C11H17N5O2. The average Bonchev–Trinajstić information content (AvgIpc) is 2.26. The molecule has 0 spiro atoms. The molecule has 7 heteroatoms. The van der Waals surface area contributed by atoms with Crippen molar-refractivity contribution in [2.45, 2.75) is 25.8 Å². The number of hydrogen-bond donors (Lipinski definition) is 4. The number of pyridine rings is 1. The number of primary amides is 1. The molecule has 0 fully saturated rings. The summed E-state index contributed by atoms with van der Waals surface area (Å²) in [5, 5.41) is 2.70. The largest absolute Gasteiger partial charge is 0.370 e. The van der Waals surface area contributed by atoms with Crippen LogP contribution < -0.4 is 22.3 Å². The Morgan fingerprint density at radius 1 is 1.44 bits per heavy atom. The van der Waals surface area contributed by atoms with Gasteiger partial charge in [-0.05, 0) is 19.9 Å². The predicted octanol–water partition coefficient (Wildman–Crippen LogP) is -0.249. The summed E-state index contributed by atoms with van der Waals surface area (Å²) < 4.78 is 0. The molecule has 1 heterocycles. The first-order chi connectivity index (χ1) is 8.35. The van der Waals surface area contributed by atoms with Crippen LogP contribution in [0.3, 0.4) is 0 Å². The van der Waals surface area contributed by atoms with Crippen LogP contribution in [0.4, 0.5) is 5.69 Å². The van der Waals surface area contributed by atoms with Gasteiger partial charge in [0.15, 0.2) is 0 Å². The molecule has 18 heavy (non-hydrogen) atoms. The van der Waals surface area contributed by atoms with Gasteiger partial charge in [0, 0.05) is 24.4 Å². The number of rotatable bonds is 5. The monoisotopic (exact) mass is 251 g/mol. The van der Waals surface area contributed by atoms with Gasteiger partial charge in [-0.1, -0.05) is 0 Å². The van der Waals surface area contributed by atoms with Gasteiger partial charge in [-0.2, -0.15) is 0 Å². The van der Waals surface area contributed by atoms with Gasteiger partial charge in [0.2, 0.25) is 5.91 Å². The number of nitrogens with zero attached hydrogens (tertiary/aromatic N) is 1. The number of nitrogens with two attached hydrogens (primary N) is 2. The maximum Gasteiger partial charge on any atom is 0.255 e. The quantitative estimate of drug-likeness (QED) is 0.424. The van der Waals surface area contributed by atoms with E-state index < -0.39 is 11.4 Å². The van der Waals surface area contributed by atoms with Crippen LogP contribution in [-0.4, -0.2) is 22.3 Å². The molecule has 0 saturated heterocycles. The maximum atomic E-state index is 12.0. The molecule has 0 bridgehead atoms. The normalized spacial score (nSPS) is 10.8. The number of nitrogen functional groups attached to an aromatic ring is 1. The number of hydrazine groups is 1. The molecule has 6 N–H and O–H groups in total. The molecule has 0 aliphatic rings. The molecule has 0 aliphatic heterocycles. The second-order valence-electron chi connectivity index (χ2n) is 4.55. The lowest BCUT2D eigenvalue weighted by Crippen LogP contribution is -2.46. The van der Waals surface area contributed by atoms with E-state index in [1.165, 1.54) is 12.4 Å². The molecule has 1 aromatic rings. The second kappa shape index (κ2) is 5.46. The number of carbonyl (C=O) groups is 2. The Balaban J connectivity index is 2.85. The highest BCUT2D eigenvalue weighted by molar-refractivity contribution is 5.99. The standard InChI is InChI=1S/C11H17N5O2/c1-11(2,5-9(12)17)15-10(18)7-6-14-4-3-8(7)16-13/h3-4,6H,5,13H2,1-2H3,(H2,12,17)(H,14,16)(H,15,18). The third-order valence-electron chi connectivity index (χ3n) is 2.29. The molecule has 0 atom stereocenters. The number of nitrogens with one attached hydrogen (secondary N) is 2. The summed E-state index contributed by atoms with van der Waals surface area (Å²) in [6.45, 7) is 3.42. The van der Waals surface area contributed by atoms with Crippen LogP contribution in [0.15, 0.2) is 18.5 Å². The van der Waals surface area contributed by atoms with Crippen molar-refractivity contribution in [3.05, 3.63) is 24.0 Å². The lowest BCUT2D eigenvalue weighted by molar-refractivity contribution is -0.119. The highest BCUT2D eigenvalue weighted by atomic mass is 16.2. The summed E-state index contributed by atoms with van der Waals surface area (Å²) in [7, 11) is 0. The summed E-state index contributed by atoms with van der Waals surface area (Å²) in [5.74, 6) is 4.45. The molecule has 1 rings (SSSR count). The molecule has 0 unspecified atom stereocenters. The highest BCUT2D eigenvalue weighted by Crippen LogP contribution is 2.14. The van der Waals surface area contributed by atoms with Crippen LogP contribution in [0.5, 0.6) is 0 Å². The third kappa shape index (κ3) is 3.70. The molecule has 0 saturated carbocycles. The van der Waals surface area contributed by atoms with Gasteiger partial charge in [0.05, 0.1) is 11.3 Å². The summed E-state index contributed by atoms with van der Waals surface area (Å²) in [6, 6.07) is 1.58. The summed E-state index contributed by atoms with van der Waals surface area (Å²) in [4.78, 5) is 26.8.